The van der Waals surface area contributed by atoms with Crippen LogP contribution < -0.4 is 9.47 Å². The first-order valence-electron chi connectivity index (χ1n) is 20.8. The van der Waals surface area contributed by atoms with E-state index in [0.29, 0.717) is 28.2 Å². The molecule has 4 saturated carbocycles. The van der Waals surface area contributed by atoms with Gasteiger partial charge in [0.1, 0.15) is 22.6 Å². The third-order valence-corrected chi connectivity index (χ3v) is 15.4. The van der Waals surface area contributed by atoms with Crippen LogP contribution in [0.5, 0.6) is 11.5 Å². The zero-order valence-corrected chi connectivity index (χ0v) is 33.6. The van der Waals surface area contributed by atoms with Gasteiger partial charge < -0.3 is 19.7 Å². The predicted octanol–water partition coefficient (Wildman–Crippen LogP) is 12.0. The van der Waals surface area contributed by atoms with Crippen LogP contribution in [0, 0.1) is 58.2 Å². The summed E-state index contributed by atoms with van der Waals surface area (Å²) in [5.74, 6) is 5.18. The number of fused-ring (bicyclic) bond motifs is 5. The number of hydrogen-bond donors (Lipinski definition) is 2. The van der Waals surface area contributed by atoms with Gasteiger partial charge in [0.15, 0.2) is 0 Å². The van der Waals surface area contributed by atoms with Crippen molar-refractivity contribution in [2.75, 3.05) is 14.2 Å². The zero-order valence-electron chi connectivity index (χ0n) is 33.6. The second-order valence-electron chi connectivity index (χ2n) is 18.5. The van der Waals surface area contributed by atoms with Gasteiger partial charge in [0.05, 0.1) is 14.2 Å². The van der Waals surface area contributed by atoms with Crippen LogP contribution in [0.4, 0.5) is 0 Å². The molecule has 2 N–H and O–H groups in total. The number of ether oxygens (including phenoxy) is 2. The van der Waals surface area contributed by atoms with E-state index < -0.39 is 11.9 Å². The first-order chi connectivity index (χ1) is 25.3. The van der Waals surface area contributed by atoms with Gasteiger partial charge in [-0.15, -0.1) is 0 Å². The number of aromatic carboxylic acids is 2. The van der Waals surface area contributed by atoms with E-state index in [1.165, 1.54) is 91.3 Å². The fraction of sp³-hybridized carbons (Fsp3) is 0.660. The highest BCUT2D eigenvalue weighted by atomic mass is 16.5. The van der Waals surface area contributed by atoms with E-state index >= 15 is 0 Å². The number of methoxy groups -OCH3 is 2. The zero-order chi connectivity index (χ0) is 38.1. The lowest BCUT2D eigenvalue weighted by molar-refractivity contribution is -0.121. The lowest BCUT2D eigenvalue weighted by Crippen LogP contribution is -2.53. The summed E-state index contributed by atoms with van der Waals surface area (Å²) in [6.45, 7) is 12.7. The maximum atomic E-state index is 12.1. The van der Waals surface area contributed by atoms with Crippen LogP contribution in [-0.4, -0.2) is 36.4 Å². The van der Waals surface area contributed by atoms with E-state index in [-0.39, 0.29) is 11.1 Å². The second kappa shape index (κ2) is 16.2. The smallest absolute Gasteiger partial charge is 0.339 e. The first kappa shape index (κ1) is 39.4. The van der Waals surface area contributed by atoms with Crippen molar-refractivity contribution in [2.45, 2.75) is 125 Å². The molecule has 0 aromatic heterocycles. The Hall–Kier alpha value is -3.28. The average Bonchev–Trinajstić information content (AvgIpc) is 3.50. The molecule has 53 heavy (non-hydrogen) atoms. The van der Waals surface area contributed by atoms with Crippen molar-refractivity contribution >= 4 is 17.5 Å². The van der Waals surface area contributed by atoms with Crippen molar-refractivity contribution in [3.63, 3.8) is 0 Å². The molecule has 4 aliphatic rings. The summed E-state index contributed by atoms with van der Waals surface area (Å²) in [6.07, 6.45) is 20.7. The van der Waals surface area contributed by atoms with Crippen molar-refractivity contribution in [1.29, 1.82) is 0 Å². The van der Waals surface area contributed by atoms with E-state index in [4.69, 9.17) is 9.47 Å². The molecule has 4 aliphatic carbocycles. The van der Waals surface area contributed by atoms with E-state index in [2.05, 4.69) is 40.7 Å². The summed E-state index contributed by atoms with van der Waals surface area (Å²) in [5.41, 5.74) is 3.43. The van der Waals surface area contributed by atoms with Crippen molar-refractivity contribution in [3.05, 3.63) is 64.7 Å². The maximum absolute atomic E-state index is 12.1. The molecule has 0 saturated heterocycles. The molecule has 0 aliphatic heterocycles. The summed E-state index contributed by atoms with van der Waals surface area (Å²) in [4.78, 5) is 24.3. The lowest BCUT2D eigenvalue weighted by Gasteiger charge is -2.61. The SMILES string of the molecule is COc1ccc(C(=CCCC2CCC3(C)C(CCC4C3CCC3(C)C(C(C)CCCC(C)C)CCC43)C2)c2ccc(OC)c(C(=O)O)c2)cc1C(=O)O. The molecule has 4 fully saturated rings. The molecule has 6 nitrogen and oxygen atoms in total. The van der Waals surface area contributed by atoms with Crippen LogP contribution in [0.25, 0.3) is 5.57 Å². The first-order valence-corrected chi connectivity index (χ1v) is 20.8. The van der Waals surface area contributed by atoms with Crippen molar-refractivity contribution in [3.8, 4) is 11.5 Å². The summed E-state index contributed by atoms with van der Waals surface area (Å²) < 4.78 is 10.7. The van der Waals surface area contributed by atoms with Crippen LogP contribution in [-0.2, 0) is 0 Å². The molecule has 2 aromatic rings. The molecule has 6 rings (SSSR count). The predicted molar refractivity (Wildman–Crippen MR) is 213 cm³/mol. The Morgan fingerprint density at radius 1 is 0.792 bits per heavy atom. The Labute approximate surface area is 319 Å². The molecule has 9 atom stereocenters. The van der Waals surface area contributed by atoms with E-state index in [1.54, 1.807) is 24.3 Å². The Morgan fingerprint density at radius 3 is 1.98 bits per heavy atom. The standard InChI is InChI=1S/C47H66O6/c1-29(2)10-8-11-30(3)39-18-19-40-36-17-16-34-26-31(22-24-46(34,4)41(36)23-25-47(39,40)5)12-9-13-35(32-14-20-42(52-6)37(27-32)44(48)49)33-15-21-43(53-7)38(28-33)45(50)51/h13-15,20-21,27-31,34,36,39-41H,8-12,16-19,22-26H2,1-7H3,(H,48,49)(H,50,51). The van der Waals surface area contributed by atoms with Gasteiger partial charge >= 0.3 is 11.9 Å². The quantitative estimate of drug-likeness (QED) is 0.201. The number of carboxylic acids is 2. The highest BCUT2D eigenvalue weighted by Gasteiger charge is 2.60. The van der Waals surface area contributed by atoms with Gasteiger partial charge in [0, 0.05) is 0 Å². The lowest BCUT2D eigenvalue weighted by atomic mass is 9.44. The number of carbonyl (C=O) groups is 2. The monoisotopic (exact) mass is 726 g/mol. The number of benzene rings is 2. The maximum Gasteiger partial charge on any atom is 0.339 e. The third kappa shape index (κ3) is 7.81. The Bertz CT molecular complexity index is 1590. The molecule has 0 bridgehead atoms. The molecule has 0 radical (unpaired) electrons. The molecule has 6 heteroatoms. The van der Waals surface area contributed by atoms with Crippen LogP contribution in [0.1, 0.15) is 156 Å². The molecule has 290 valence electrons. The largest absolute Gasteiger partial charge is 0.496 e. The minimum absolute atomic E-state index is 0.0809. The van der Waals surface area contributed by atoms with Crippen LogP contribution in [0.15, 0.2) is 42.5 Å². The van der Waals surface area contributed by atoms with E-state index in [0.717, 1.165) is 71.0 Å². The van der Waals surface area contributed by atoms with Crippen LogP contribution in [0.2, 0.25) is 0 Å². The minimum Gasteiger partial charge on any atom is -0.496 e. The summed E-state index contributed by atoms with van der Waals surface area (Å²) in [5, 5.41) is 19.9. The van der Waals surface area contributed by atoms with E-state index in [1.807, 2.05) is 12.1 Å². The topological polar surface area (TPSA) is 93.1 Å². The van der Waals surface area contributed by atoms with Crippen molar-refractivity contribution in [1.82, 2.24) is 0 Å². The molecule has 0 heterocycles. The average molecular weight is 727 g/mol. The summed E-state index contributed by atoms with van der Waals surface area (Å²) >= 11 is 0. The van der Waals surface area contributed by atoms with Gasteiger partial charge in [-0.25, -0.2) is 9.59 Å². The second-order valence-corrected chi connectivity index (χ2v) is 18.5. The Balaban J connectivity index is 1.15. The van der Waals surface area contributed by atoms with E-state index in [9.17, 15) is 19.8 Å². The molecule has 2 aromatic carbocycles. The molecular formula is C47H66O6. The normalized spacial score (nSPS) is 31.2. The van der Waals surface area contributed by atoms with Crippen LogP contribution >= 0.6 is 0 Å². The van der Waals surface area contributed by atoms with Crippen LogP contribution in [0.3, 0.4) is 0 Å². The fourth-order valence-electron chi connectivity index (χ4n) is 12.6. The number of allylic oxidation sites excluding steroid dienone is 1. The summed E-state index contributed by atoms with van der Waals surface area (Å²) in [7, 11) is 2.93. The molecule has 0 amide bonds. The third-order valence-electron chi connectivity index (χ3n) is 15.4. The fourth-order valence-corrected chi connectivity index (χ4v) is 12.6. The number of hydrogen-bond acceptors (Lipinski definition) is 4. The van der Waals surface area contributed by atoms with Gasteiger partial charge in [-0.05, 0) is 170 Å². The van der Waals surface area contributed by atoms with Crippen molar-refractivity contribution < 1.29 is 29.3 Å². The van der Waals surface area contributed by atoms with Gasteiger partial charge in [-0.2, -0.15) is 0 Å². The molecule has 9 unspecified atom stereocenters. The number of rotatable bonds is 14. The highest BCUT2D eigenvalue weighted by Crippen LogP contribution is 2.69. The van der Waals surface area contributed by atoms with Gasteiger partial charge in [0.25, 0.3) is 0 Å². The Kier molecular flexibility index (Phi) is 12.1. The van der Waals surface area contributed by atoms with Gasteiger partial charge in [-0.3, -0.25) is 0 Å². The van der Waals surface area contributed by atoms with Gasteiger partial charge in [-0.1, -0.05) is 72.1 Å². The highest BCUT2D eigenvalue weighted by molar-refractivity contribution is 5.95. The Morgan fingerprint density at radius 2 is 1.40 bits per heavy atom. The summed E-state index contributed by atoms with van der Waals surface area (Å²) in [6, 6.07) is 10.4. The molecule has 0 spiro atoms. The van der Waals surface area contributed by atoms with Gasteiger partial charge in [0.2, 0.25) is 0 Å². The minimum atomic E-state index is -1.06. The number of carboxylic acid groups (broad SMARTS) is 2. The molecular weight excluding hydrogens is 661 g/mol. The van der Waals surface area contributed by atoms with Crippen molar-refractivity contribution in [2.24, 2.45) is 58.2 Å².